The molecule has 0 spiro atoms. The molecule has 0 unspecified atom stereocenters. The van der Waals surface area contributed by atoms with Crippen molar-refractivity contribution in [1.82, 2.24) is 9.80 Å². The lowest BCUT2D eigenvalue weighted by atomic mass is 10.0. The molecule has 0 bridgehead atoms. The minimum absolute atomic E-state index is 0.00101. The summed E-state index contributed by atoms with van der Waals surface area (Å²) in [7, 11) is 0. The van der Waals surface area contributed by atoms with Gasteiger partial charge in [-0.15, -0.1) is 0 Å². The van der Waals surface area contributed by atoms with Crippen molar-refractivity contribution in [2.75, 3.05) is 26.2 Å². The minimum atomic E-state index is -0.802. The standard InChI is InChI=1S/C19H24N2O4/c1-13-2-4-14(5-3-13)17(22)20-8-10-21(11-9-20)18(23)15-6-7-16(12-15)19(24)25/h2-5,15-16H,6-12H2,1H3,(H,24,25)/t15-,16+/m1/s1. The lowest BCUT2D eigenvalue weighted by Gasteiger charge is -2.36. The van der Waals surface area contributed by atoms with E-state index in [4.69, 9.17) is 5.11 Å². The first-order valence-corrected chi connectivity index (χ1v) is 8.83. The van der Waals surface area contributed by atoms with Gasteiger partial charge in [-0.05, 0) is 38.3 Å². The number of nitrogens with zero attached hydrogens (tertiary/aromatic N) is 2. The Hall–Kier alpha value is -2.37. The molecule has 6 heteroatoms. The van der Waals surface area contributed by atoms with Crippen LogP contribution in [0.15, 0.2) is 24.3 Å². The molecular weight excluding hydrogens is 320 g/mol. The van der Waals surface area contributed by atoms with E-state index in [1.54, 1.807) is 9.80 Å². The fourth-order valence-electron chi connectivity index (χ4n) is 3.70. The van der Waals surface area contributed by atoms with Gasteiger partial charge in [0.15, 0.2) is 0 Å². The summed E-state index contributed by atoms with van der Waals surface area (Å²) in [5, 5.41) is 9.08. The summed E-state index contributed by atoms with van der Waals surface area (Å²) in [6, 6.07) is 7.51. The molecule has 1 N–H and O–H groups in total. The first-order chi connectivity index (χ1) is 12.0. The summed E-state index contributed by atoms with van der Waals surface area (Å²) in [6.45, 7) is 4.06. The zero-order valence-electron chi connectivity index (χ0n) is 14.5. The first-order valence-electron chi connectivity index (χ1n) is 8.83. The van der Waals surface area contributed by atoms with Crippen molar-refractivity contribution in [3.8, 4) is 0 Å². The average molecular weight is 344 g/mol. The van der Waals surface area contributed by atoms with Crippen molar-refractivity contribution < 1.29 is 19.5 Å². The summed E-state index contributed by atoms with van der Waals surface area (Å²) >= 11 is 0. The van der Waals surface area contributed by atoms with Gasteiger partial charge in [0.1, 0.15) is 0 Å². The molecule has 25 heavy (non-hydrogen) atoms. The van der Waals surface area contributed by atoms with Crippen molar-refractivity contribution in [3.05, 3.63) is 35.4 Å². The molecule has 0 aromatic heterocycles. The number of hydrogen-bond acceptors (Lipinski definition) is 3. The van der Waals surface area contributed by atoms with Gasteiger partial charge in [0.05, 0.1) is 5.92 Å². The number of aryl methyl sites for hydroxylation is 1. The maximum Gasteiger partial charge on any atom is 0.306 e. The minimum Gasteiger partial charge on any atom is -0.481 e. The SMILES string of the molecule is Cc1ccc(C(=O)N2CCN(C(=O)[C@@H]3CC[C@H](C(=O)O)C3)CC2)cc1. The summed E-state index contributed by atoms with van der Waals surface area (Å²) in [4.78, 5) is 39.7. The van der Waals surface area contributed by atoms with Gasteiger partial charge >= 0.3 is 5.97 Å². The normalized spacial score (nSPS) is 23.6. The number of carbonyl (C=O) groups is 3. The summed E-state index contributed by atoms with van der Waals surface area (Å²) in [6.07, 6.45) is 1.67. The Morgan fingerprint density at radius 2 is 1.48 bits per heavy atom. The van der Waals surface area contributed by atoms with Crippen LogP contribution >= 0.6 is 0 Å². The number of piperazine rings is 1. The lowest BCUT2D eigenvalue weighted by molar-refractivity contribution is -0.142. The monoisotopic (exact) mass is 344 g/mol. The third kappa shape index (κ3) is 3.83. The van der Waals surface area contributed by atoms with Gasteiger partial charge in [0.2, 0.25) is 5.91 Å². The van der Waals surface area contributed by atoms with E-state index < -0.39 is 11.9 Å². The molecule has 1 aliphatic carbocycles. The van der Waals surface area contributed by atoms with E-state index in [-0.39, 0.29) is 17.7 Å². The largest absolute Gasteiger partial charge is 0.481 e. The van der Waals surface area contributed by atoms with Crippen LogP contribution in [-0.4, -0.2) is 58.9 Å². The lowest BCUT2D eigenvalue weighted by Crippen LogP contribution is -2.51. The molecule has 2 amide bonds. The predicted molar refractivity (Wildman–Crippen MR) is 92.1 cm³/mol. The summed E-state index contributed by atoms with van der Waals surface area (Å²) in [5.74, 6) is -1.33. The van der Waals surface area contributed by atoms with Gasteiger partial charge in [-0.3, -0.25) is 14.4 Å². The molecule has 1 aromatic carbocycles. The fourth-order valence-corrected chi connectivity index (χ4v) is 3.70. The highest BCUT2D eigenvalue weighted by Gasteiger charge is 2.37. The highest BCUT2D eigenvalue weighted by atomic mass is 16.4. The van der Waals surface area contributed by atoms with Crippen molar-refractivity contribution in [2.45, 2.75) is 26.2 Å². The number of rotatable bonds is 3. The summed E-state index contributed by atoms with van der Waals surface area (Å²) in [5.41, 5.74) is 1.79. The van der Waals surface area contributed by atoms with Crippen LogP contribution in [0.2, 0.25) is 0 Å². The third-order valence-corrected chi connectivity index (χ3v) is 5.31. The maximum atomic E-state index is 12.6. The van der Waals surface area contributed by atoms with Crippen LogP contribution in [0, 0.1) is 18.8 Å². The smallest absolute Gasteiger partial charge is 0.306 e. The number of benzene rings is 1. The van der Waals surface area contributed by atoms with E-state index in [9.17, 15) is 14.4 Å². The average Bonchev–Trinajstić information content (AvgIpc) is 3.12. The molecule has 1 heterocycles. The van der Waals surface area contributed by atoms with Crippen molar-refractivity contribution in [1.29, 1.82) is 0 Å². The van der Waals surface area contributed by atoms with E-state index >= 15 is 0 Å². The Morgan fingerprint density at radius 3 is 2.04 bits per heavy atom. The molecule has 1 aromatic rings. The van der Waals surface area contributed by atoms with Crippen molar-refractivity contribution in [3.63, 3.8) is 0 Å². The molecule has 2 fully saturated rings. The maximum absolute atomic E-state index is 12.6. The molecule has 1 saturated carbocycles. The highest BCUT2D eigenvalue weighted by Crippen LogP contribution is 2.32. The van der Waals surface area contributed by atoms with Gasteiger partial charge < -0.3 is 14.9 Å². The Kier molecular flexibility index (Phi) is 5.06. The van der Waals surface area contributed by atoms with Gasteiger partial charge in [0.25, 0.3) is 5.91 Å². The van der Waals surface area contributed by atoms with Crippen LogP contribution in [-0.2, 0) is 9.59 Å². The quantitative estimate of drug-likeness (QED) is 0.907. The second-order valence-corrected chi connectivity index (χ2v) is 7.03. The fraction of sp³-hybridized carbons (Fsp3) is 0.526. The van der Waals surface area contributed by atoms with E-state index in [0.29, 0.717) is 51.0 Å². The molecule has 134 valence electrons. The number of amides is 2. The number of carbonyl (C=O) groups excluding carboxylic acids is 2. The van der Waals surface area contributed by atoms with E-state index in [0.717, 1.165) is 5.56 Å². The van der Waals surface area contributed by atoms with Gasteiger partial charge in [0, 0.05) is 37.7 Å². The Labute approximate surface area is 147 Å². The number of aliphatic carboxylic acids is 1. The van der Waals surface area contributed by atoms with Gasteiger partial charge in [-0.1, -0.05) is 17.7 Å². The molecule has 6 nitrogen and oxygen atoms in total. The van der Waals surface area contributed by atoms with E-state index in [2.05, 4.69) is 0 Å². The second-order valence-electron chi connectivity index (χ2n) is 7.03. The van der Waals surface area contributed by atoms with Crippen LogP contribution in [0.25, 0.3) is 0 Å². The Balaban J connectivity index is 1.53. The molecule has 1 saturated heterocycles. The Bertz CT molecular complexity index is 663. The van der Waals surface area contributed by atoms with Crippen molar-refractivity contribution >= 4 is 17.8 Å². The van der Waals surface area contributed by atoms with Crippen LogP contribution in [0.5, 0.6) is 0 Å². The molecule has 2 atom stereocenters. The van der Waals surface area contributed by atoms with Crippen LogP contribution in [0.3, 0.4) is 0 Å². The molecule has 0 radical (unpaired) electrons. The third-order valence-electron chi connectivity index (χ3n) is 5.31. The predicted octanol–water partition coefficient (Wildman–Crippen LogP) is 1.78. The topological polar surface area (TPSA) is 77.9 Å². The van der Waals surface area contributed by atoms with Crippen LogP contribution in [0.1, 0.15) is 35.2 Å². The van der Waals surface area contributed by atoms with Crippen LogP contribution < -0.4 is 0 Å². The first kappa shape index (κ1) is 17.5. The number of carboxylic acid groups (broad SMARTS) is 1. The molecular formula is C19H24N2O4. The molecule has 3 rings (SSSR count). The second kappa shape index (κ2) is 7.25. The van der Waals surface area contributed by atoms with Crippen molar-refractivity contribution in [2.24, 2.45) is 11.8 Å². The number of hydrogen-bond donors (Lipinski definition) is 1. The molecule has 1 aliphatic heterocycles. The Morgan fingerprint density at radius 1 is 0.920 bits per heavy atom. The zero-order valence-corrected chi connectivity index (χ0v) is 14.5. The zero-order chi connectivity index (χ0) is 18.0. The van der Waals surface area contributed by atoms with Gasteiger partial charge in [-0.2, -0.15) is 0 Å². The van der Waals surface area contributed by atoms with Gasteiger partial charge in [-0.25, -0.2) is 0 Å². The number of carboxylic acids is 1. The highest BCUT2D eigenvalue weighted by molar-refractivity contribution is 5.94. The van der Waals surface area contributed by atoms with Crippen LogP contribution in [0.4, 0.5) is 0 Å². The van der Waals surface area contributed by atoms with E-state index in [1.807, 2.05) is 31.2 Å². The van der Waals surface area contributed by atoms with E-state index in [1.165, 1.54) is 0 Å². The molecule has 2 aliphatic rings. The summed E-state index contributed by atoms with van der Waals surface area (Å²) < 4.78 is 0.